The van der Waals surface area contributed by atoms with Crippen LogP contribution in [0.5, 0.6) is 0 Å². The Labute approximate surface area is 169 Å². The van der Waals surface area contributed by atoms with Crippen LogP contribution in [0.1, 0.15) is 49.5 Å². The van der Waals surface area contributed by atoms with Crippen LogP contribution in [0.2, 0.25) is 0 Å². The molecule has 0 bridgehead atoms. The molecule has 2 aromatic rings. The number of hydrogen-bond acceptors (Lipinski definition) is 5. The predicted molar refractivity (Wildman–Crippen MR) is 113 cm³/mol. The van der Waals surface area contributed by atoms with E-state index in [1.165, 1.54) is 12.8 Å². The molecule has 0 N–H and O–H groups in total. The van der Waals surface area contributed by atoms with E-state index in [0.717, 1.165) is 47.4 Å². The topological polar surface area (TPSA) is 31.7 Å². The van der Waals surface area contributed by atoms with Crippen LogP contribution in [0.4, 0.5) is 10.1 Å². The quantitative estimate of drug-likeness (QED) is 0.743. The number of rotatable bonds is 4. The van der Waals surface area contributed by atoms with Crippen molar-refractivity contribution in [1.82, 2.24) is 9.88 Å². The Morgan fingerprint density at radius 3 is 2.75 bits per heavy atom. The van der Waals surface area contributed by atoms with Gasteiger partial charge in [0.2, 0.25) is 0 Å². The second kappa shape index (κ2) is 7.39. The number of anilines is 1. The van der Waals surface area contributed by atoms with Crippen molar-refractivity contribution in [2.24, 2.45) is 4.99 Å². The minimum absolute atomic E-state index is 0.126. The van der Waals surface area contributed by atoms with Gasteiger partial charge in [-0.15, -0.1) is 0 Å². The summed E-state index contributed by atoms with van der Waals surface area (Å²) in [5.74, 6) is 0.896. The van der Waals surface area contributed by atoms with Crippen LogP contribution in [0.15, 0.2) is 47.6 Å². The molecule has 3 atom stereocenters. The van der Waals surface area contributed by atoms with Gasteiger partial charge in [-0.2, -0.15) is 0 Å². The van der Waals surface area contributed by atoms with Gasteiger partial charge in [0.25, 0.3) is 0 Å². The average Bonchev–Trinajstić information content (AvgIpc) is 3.45. The van der Waals surface area contributed by atoms with Crippen molar-refractivity contribution < 1.29 is 4.39 Å². The number of thioether (sulfide) groups is 1. The molecule has 0 spiro atoms. The Hall–Kier alpha value is -2.08. The van der Waals surface area contributed by atoms with Gasteiger partial charge >= 0.3 is 0 Å². The fourth-order valence-electron chi connectivity index (χ4n) is 4.61. The minimum Gasteiger partial charge on any atom is -0.371 e. The van der Waals surface area contributed by atoms with Gasteiger partial charge in [-0.05, 0) is 43.5 Å². The molecule has 2 fully saturated rings. The summed E-state index contributed by atoms with van der Waals surface area (Å²) in [6, 6.07) is 11.8. The van der Waals surface area contributed by atoms with E-state index in [1.54, 1.807) is 24.0 Å². The number of pyridine rings is 1. The van der Waals surface area contributed by atoms with E-state index in [4.69, 9.17) is 4.99 Å². The Morgan fingerprint density at radius 1 is 1.18 bits per heavy atom. The number of amidine groups is 1. The molecule has 0 aliphatic carbocycles. The molecule has 1 aromatic heterocycles. The number of aliphatic imine (C=N–C) groups is 1. The molecule has 28 heavy (non-hydrogen) atoms. The first-order valence-corrected chi connectivity index (χ1v) is 11.2. The second-order valence-corrected chi connectivity index (χ2v) is 8.72. The molecule has 1 aromatic carbocycles. The minimum atomic E-state index is -0.162. The highest BCUT2D eigenvalue weighted by Gasteiger charge is 2.46. The Morgan fingerprint density at radius 2 is 2.04 bits per heavy atom. The number of nitrogens with zero attached hydrogens (tertiary/aromatic N) is 4. The standard InChI is InChI=1S/C22H25FN4S/c1-2-15-14-28-22-25-20(19-7-3-4-10-24-19)21(27(15)22)17-9-8-16(13-18(17)23)26-11-5-6-12-26/h3-4,7-10,13,15,20-21H,2,5-6,11-12,14H2,1H3/t15-,20+,21+/m0/s1. The summed E-state index contributed by atoms with van der Waals surface area (Å²) in [4.78, 5) is 14.2. The third-order valence-electron chi connectivity index (χ3n) is 6.10. The first-order chi connectivity index (χ1) is 13.8. The largest absolute Gasteiger partial charge is 0.371 e. The maximum absolute atomic E-state index is 15.4. The van der Waals surface area contributed by atoms with E-state index in [2.05, 4.69) is 27.8 Å². The van der Waals surface area contributed by atoms with Gasteiger partial charge < -0.3 is 9.80 Å². The molecule has 4 nitrogen and oxygen atoms in total. The first kappa shape index (κ1) is 18.0. The van der Waals surface area contributed by atoms with Gasteiger partial charge in [0.05, 0.1) is 11.7 Å². The van der Waals surface area contributed by atoms with Crippen LogP contribution >= 0.6 is 11.8 Å². The van der Waals surface area contributed by atoms with Crippen molar-refractivity contribution in [3.05, 3.63) is 59.7 Å². The van der Waals surface area contributed by atoms with Crippen molar-refractivity contribution >= 4 is 22.6 Å². The van der Waals surface area contributed by atoms with Gasteiger partial charge in [-0.25, -0.2) is 4.39 Å². The summed E-state index contributed by atoms with van der Waals surface area (Å²) >= 11 is 1.79. The molecule has 2 saturated heterocycles. The monoisotopic (exact) mass is 396 g/mol. The van der Waals surface area contributed by atoms with Crippen LogP contribution < -0.4 is 4.90 Å². The van der Waals surface area contributed by atoms with Crippen LogP contribution in [0, 0.1) is 5.82 Å². The zero-order chi connectivity index (χ0) is 19.1. The van der Waals surface area contributed by atoms with Crippen LogP contribution in [0.3, 0.4) is 0 Å². The number of aromatic nitrogens is 1. The first-order valence-electron chi connectivity index (χ1n) is 10.2. The zero-order valence-corrected chi connectivity index (χ0v) is 16.9. The number of fused-ring (bicyclic) bond motifs is 1. The summed E-state index contributed by atoms with van der Waals surface area (Å²) in [7, 11) is 0. The van der Waals surface area contributed by atoms with E-state index in [1.807, 2.05) is 24.3 Å². The van der Waals surface area contributed by atoms with Crippen LogP contribution in [-0.4, -0.2) is 39.9 Å². The van der Waals surface area contributed by atoms with Gasteiger partial charge in [0, 0.05) is 42.3 Å². The number of benzene rings is 1. The molecule has 6 heteroatoms. The molecular weight excluding hydrogens is 371 g/mol. The van der Waals surface area contributed by atoms with Crippen LogP contribution in [-0.2, 0) is 0 Å². The summed E-state index contributed by atoms with van der Waals surface area (Å²) in [5, 5.41) is 1.04. The maximum atomic E-state index is 15.4. The molecule has 0 saturated carbocycles. The lowest BCUT2D eigenvalue weighted by atomic mass is 9.94. The Balaban J connectivity index is 1.55. The highest BCUT2D eigenvalue weighted by atomic mass is 32.2. The zero-order valence-electron chi connectivity index (χ0n) is 16.1. The predicted octanol–water partition coefficient (Wildman–Crippen LogP) is 4.80. The van der Waals surface area contributed by atoms with Gasteiger partial charge in [-0.1, -0.05) is 30.8 Å². The van der Waals surface area contributed by atoms with E-state index < -0.39 is 0 Å². The lowest BCUT2D eigenvalue weighted by molar-refractivity contribution is 0.250. The molecule has 0 amide bonds. The second-order valence-electron chi connectivity index (χ2n) is 7.74. The van der Waals surface area contributed by atoms with Gasteiger partial charge in [0.1, 0.15) is 11.9 Å². The summed E-state index contributed by atoms with van der Waals surface area (Å²) in [5.41, 5.74) is 2.64. The lowest BCUT2D eigenvalue weighted by Gasteiger charge is -2.32. The van der Waals surface area contributed by atoms with E-state index >= 15 is 4.39 Å². The fourth-order valence-corrected chi connectivity index (χ4v) is 5.95. The lowest BCUT2D eigenvalue weighted by Crippen LogP contribution is -2.35. The normalized spacial score (nSPS) is 26.6. The average molecular weight is 397 g/mol. The van der Waals surface area contributed by atoms with E-state index in [9.17, 15) is 0 Å². The number of hydrogen-bond donors (Lipinski definition) is 0. The third-order valence-corrected chi connectivity index (χ3v) is 7.23. The maximum Gasteiger partial charge on any atom is 0.160 e. The van der Waals surface area contributed by atoms with Crippen molar-refractivity contribution in [3.8, 4) is 0 Å². The summed E-state index contributed by atoms with van der Waals surface area (Å²) in [6.07, 6.45) is 5.21. The third kappa shape index (κ3) is 2.98. The van der Waals surface area contributed by atoms with Crippen LogP contribution in [0.25, 0.3) is 0 Å². The van der Waals surface area contributed by atoms with E-state index in [0.29, 0.717) is 6.04 Å². The fraction of sp³-hybridized carbons (Fsp3) is 0.455. The SMILES string of the molecule is CC[C@H]1CSC2=N[C@H](c3ccccn3)[C@@H](c3ccc(N4CCCC4)cc3F)N21. The smallest absolute Gasteiger partial charge is 0.160 e. The molecule has 0 unspecified atom stereocenters. The van der Waals surface area contributed by atoms with Crippen molar-refractivity contribution in [1.29, 1.82) is 0 Å². The summed E-state index contributed by atoms with van der Waals surface area (Å²) in [6.45, 7) is 4.24. The van der Waals surface area contributed by atoms with E-state index in [-0.39, 0.29) is 17.9 Å². The number of halogens is 1. The molecule has 3 aliphatic heterocycles. The van der Waals surface area contributed by atoms with Crippen molar-refractivity contribution in [2.45, 2.75) is 44.3 Å². The molecule has 4 heterocycles. The van der Waals surface area contributed by atoms with Crippen molar-refractivity contribution in [3.63, 3.8) is 0 Å². The highest BCUT2D eigenvalue weighted by Crippen LogP contribution is 2.49. The Bertz CT molecular complexity index is 881. The molecule has 5 rings (SSSR count). The summed E-state index contributed by atoms with van der Waals surface area (Å²) < 4.78 is 15.4. The molecule has 146 valence electrons. The Kier molecular flexibility index (Phi) is 4.75. The van der Waals surface area contributed by atoms with Crippen molar-refractivity contribution in [2.75, 3.05) is 23.7 Å². The molecule has 0 radical (unpaired) electrons. The highest BCUT2D eigenvalue weighted by molar-refractivity contribution is 8.14. The molecule has 3 aliphatic rings. The van der Waals surface area contributed by atoms with Gasteiger partial charge in [-0.3, -0.25) is 9.98 Å². The molecular formula is C22H25FN4S. The van der Waals surface area contributed by atoms with Gasteiger partial charge in [0.15, 0.2) is 5.17 Å².